The van der Waals surface area contributed by atoms with Crippen molar-refractivity contribution in [3.8, 4) is 11.6 Å². The van der Waals surface area contributed by atoms with E-state index in [-0.39, 0.29) is 0 Å². The Bertz CT molecular complexity index is 479. The highest BCUT2D eigenvalue weighted by molar-refractivity contribution is 5.44. The number of hydrogen-bond acceptors (Lipinski definition) is 5. The van der Waals surface area contributed by atoms with Crippen LogP contribution in [0.1, 0.15) is 5.56 Å². The predicted molar refractivity (Wildman–Crippen MR) is 54.5 cm³/mol. The summed E-state index contributed by atoms with van der Waals surface area (Å²) in [5.41, 5.74) is 6.35. The van der Waals surface area contributed by atoms with Gasteiger partial charge in [-0.2, -0.15) is 5.10 Å². The molecule has 2 heterocycles. The van der Waals surface area contributed by atoms with Gasteiger partial charge in [-0.05, 0) is 6.92 Å². The molecule has 0 unspecified atom stereocenters. The maximum absolute atomic E-state index is 5.63. The molecule has 2 aromatic heterocycles. The molecule has 2 aromatic rings. The topological polar surface area (TPSA) is 78.8 Å². The molecule has 15 heavy (non-hydrogen) atoms. The second kappa shape index (κ2) is 3.56. The van der Waals surface area contributed by atoms with Crippen molar-refractivity contribution in [2.75, 3.05) is 5.73 Å². The third-order valence-electron chi connectivity index (χ3n) is 1.97. The molecular formula is C9H11N5O. The van der Waals surface area contributed by atoms with E-state index >= 15 is 0 Å². The van der Waals surface area contributed by atoms with Crippen molar-refractivity contribution >= 4 is 5.82 Å². The first kappa shape index (κ1) is 9.45. The Morgan fingerprint density at radius 1 is 1.40 bits per heavy atom. The van der Waals surface area contributed by atoms with Gasteiger partial charge in [-0.25, -0.2) is 9.97 Å². The van der Waals surface area contributed by atoms with E-state index in [0.29, 0.717) is 17.4 Å². The Morgan fingerprint density at radius 3 is 2.87 bits per heavy atom. The minimum Gasteiger partial charge on any atom is -0.435 e. The molecule has 0 amide bonds. The van der Waals surface area contributed by atoms with Crippen LogP contribution in [0.5, 0.6) is 11.6 Å². The number of nitrogens with two attached hydrogens (primary N) is 1. The summed E-state index contributed by atoms with van der Waals surface area (Å²) in [6.45, 7) is 1.81. The minimum atomic E-state index is 0.420. The fourth-order valence-corrected chi connectivity index (χ4v) is 1.11. The zero-order valence-corrected chi connectivity index (χ0v) is 8.51. The molecule has 0 atom stereocenters. The standard InChI is InChI=1S/C9H11N5O/c1-6-8(10)11-5-12-9(6)15-7-3-13-14(2)4-7/h3-5H,1-2H3,(H2,10,11,12). The maximum Gasteiger partial charge on any atom is 0.227 e. The van der Waals surface area contributed by atoms with Crippen molar-refractivity contribution in [1.29, 1.82) is 0 Å². The zero-order chi connectivity index (χ0) is 10.8. The smallest absolute Gasteiger partial charge is 0.227 e. The largest absolute Gasteiger partial charge is 0.435 e. The Balaban J connectivity index is 2.28. The summed E-state index contributed by atoms with van der Waals surface area (Å²) in [5, 5.41) is 3.98. The van der Waals surface area contributed by atoms with E-state index in [4.69, 9.17) is 10.5 Å². The molecule has 78 valence electrons. The Hall–Kier alpha value is -2.11. The molecule has 0 spiro atoms. The van der Waals surface area contributed by atoms with Crippen molar-refractivity contribution in [2.24, 2.45) is 7.05 Å². The second-order valence-corrected chi connectivity index (χ2v) is 3.14. The van der Waals surface area contributed by atoms with E-state index in [1.165, 1.54) is 6.33 Å². The number of aromatic nitrogens is 4. The lowest BCUT2D eigenvalue weighted by Crippen LogP contribution is -1.98. The molecule has 0 saturated heterocycles. The lowest BCUT2D eigenvalue weighted by atomic mass is 10.3. The van der Waals surface area contributed by atoms with Gasteiger partial charge in [0.15, 0.2) is 5.75 Å². The molecule has 0 aliphatic carbocycles. The van der Waals surface area contributed by atoms with Crippen LogP contribution in [0.25, 0.3) is 0 Å². The van der Waals surface area contributed by atoms with Crippen LogP contribution >= 0.6 is 0 Å². The van der Waals surface area contributed by atoms with Crippen LogP contribution in [-0.2, 0) is 7.05 Å². The quantitative estimate of drug-likeness (QED) is 0.787. The number of hydrogen-bond donors (Lipinski definition) is 1. The first-order valence-electron chi connectivity index (χ1n) is 4.40. The summed E-state index contributed by atoms with van der Waals surface area (Å²) >= 11 is 0. The number of anilines is 1. The van der Waals surface area contributed by atoms with E-state index < -0.39 is 0 Å². The molecule has 2 rings (SSSR count). The number of ether oxygens (including phenoxy) is 1. The molecular weight excluding hydrogens is 194 g/mol. The summed E-state index contributed by atoms with van der Waals surface area (Å²) in [4.78, 5) is 7.85. The van der Waals surface area contributed by atoms with Gasteiger partial charge < -0.3 is 10.5 Å². The highest BCUT2D eigenvalue weighted by Gasteiger charge is 2.07. The summed E-state index contributed by atoms with van der Waals surface area (Å²) in [6, 6.07) is 0. The van der Waals surface area contributed by atoms with Crippen LogP contribution < -0.4 is 10.5 Å². The van der Waals surface area contributed by atoms with Crippen molar-refractivity contribution in [2.45, 2.75) is 6.92 Å². The average Bonchev–Trinajstić information content (AvgIpc) is 2.59. The maximum atomic E-state index is 5.63. The number of nitrogen functional groups attached to an aromatic ring is 1. The second-order valence-electron chi connectivity index (χ2n) is 3.14. The molecule has 0 radical (unpaired) electrons. The van der Waals surface area contributed by atoms with Crippen LogP contribution in [0.4, 0.5) is 5.82 Å². The minimum absolute atomic E-state index is 0.420. The zero-order valence-electron chi connectivity index (χ0n) is 8.51. The fraction of sp³-hybridized carbons (Fsp3) is 0.222. The van der Waals surface area contributed by atoms with Gasteiger partial charge in [-0.1, -0.05) is 0 Å². The summed E-state index contributed by atoms with van der Waals surface area (Å²) < 4.78 is 7.14. The van der Waals surface area contributed by atoms with Crippen LogP contribution in [0.15, 0.2) is 18.7 Å². The Labute approximate surface area is 86.7 Å². The molecule has 0 saturated carbocycles. The highest BCUT2D eigenvalue weighted by Crippen LogP contribution is 2.23. The van der Waals surface area contributed by atoms with Crippen molar-refractivity contribution < 1.29 is 4.74 Å². The molecule has 0 aliphatic rings. The van der Waals surface area contributed by atoms with Crippen molar-refractivity contribution in [3.63, 3.8) is 0 Å². The fourth-order valence-electron chi connectivity index (χ4n) is 1.11. The van der Waals surface area contributed by atoms with Crippen molar-refractivity contribution in [3.05, 3.63) is 24.3 Å². The van der Waals surface area contributed by atoms with E-state index in [1.54, 1.807) is 24.0 Å². The molecule has 0 bridgehead atoms. The lowest BCUT2D eigenvalue weighted by Gasteiger charge is -2.05. The first-order valence-corrected chi connectivity index (χ1v) is 4.40. The van der Waals surface area contributed by atoms with Gasteiger partial charge in [0.05, 0.1) is 18.0 Å². The Morgan fingerprint density at radius 2 is 2.20 bits per heavy atom. The van der Waals surface area contributed by atoms with Crippen LogP contribution in [-0.4, -0.2) is 19.7 Å². The number of rotatable bonds is 2. The molecule has 6 heteroatoms. The first-order chi connectivity index (χ1) is 7.16. The van der Waals surface area contributed by atoms with Gasteiger partial charge in [-0.15, -0.1) is 0 Å². The van der Waals surface area contributed by atoms with Gasteiger partial charge in [-0.3, -0.25) is 4.68 Å². The van der Waals surface area contributed by atoms with Gasteiger partial charge >= 0.3 is 0 Å². The van der Waals surface area contributed by atoms with E-state index in [0.717, 1.165) is 5.56 Å². The molecule has 2 N–H and O–H groups in total. The molecule has 0 fully saturated rings. The van der Waals surface area contributed by atoms with Gasteiger partial charge in [0.25, 0.3) is 0 Å². The van der Waals surface area contributed by atoms with Crippen LogP contribution in [0.3, 0.4) is 0 Å². The summed E-state index contributed by atoms with van der Waals surface area (Å²) in [7, 11) is 1.81. The van der Waals surface area contributed by atoms with Gasteiger partial charge in [0.1, 0.15) is 12.1 Å². The third-order valence-corrected chi connectivity index (χ3v) is 1.97. The number of aryl methyl sites for hydroxylation is 1. The summed E-state index contributed by atoms with van der Waals surface area (Å²) in [6.07, 6.45) is 4.73. The molecule has 6 nitrogen and oxygen atoms in total. The summed E-state index contributed by atoms with van der Waals surface area (Å²) in [5.74, 6) is 1.50. The lowest BCUT2D eigenvalue weighted by molar-refractivity contribution is 0.457. The number of nitrogens with zero attached hydrogens (tertiary/aromatic N) is 4. The highest BCUT2D eigenvalue weighted by atomic mass is 16.5. The monoisotopic (exact) mass is 205 g/mol. The predicted octanol–water partition coefficient (Wildman–Crippen LogP) is 0.893. The van der Waals surface area contributed by atoms with Gasteiger partial charge in [0, 0.05) is 7.05 Å². The van der Waals surface area contributed by atoms with Gasteiger partial charge in [0.2, 0.25) is 5.88 Å². The molecule has 0 aliphatic heterocycles. The molecule has 0 aromatic carbocycles. The normalized spacial score (nSPS) is 10.3. The average molecular weight is 205 g/mol. The van der Waals surface area contributed by atoms with Crippen LogP contribution in [0, 0.1) is 6.92 Å². The third kappa shape index (κ3) is 1.88. The van der Waals surface area contributed by atoms with E-state index in [9.17, 15) is 0 Å². The van der Waals surface area contributed by atoms with Crippen LogP contribution in [0.2, 0.25) is 0 Å². The Kier molecular flexibility index (Phi) is 2.24. The SMILES string of the molecule is Cc1c(N)ncnc1Oc1cnn(C)c1. The van der Waals surface area contributed by atoms with Crippen molar-refractivity contribution in [1.82, 2.24) is 19.7 Å². The van der Waals surface area contributed by atoms with E-state index in [1.807, 2.05) is 7.05 Å². The van der Waals surface area contributed by atoms with E-state index in [2.05, 4.69) is 15.1 Å².